The number of allylic oxidation sites excluding steroid dienone is 2. The summed E-state index contributed by atoms with van der Waals surface area (Å²) in [7, 11) is -3.87. The molecule has 0 spiro atoms. The standard InChI is InChI=1S/C26H23ClN4O3S/c27-19-9-11-20(12-10-19)29-15-21-13-8-18(17-31(21)35(33,34)22-5-2-1-3-6-22)25(32)24-16-30-26-23(24)7-4-14-28-26/h1-14,16,25,29,32H,15,17H2,(H,28,30). The molecule has 0 radical (unpaired) electrons. The average Bonchev–Trinajstić information content (AvgIpc) is 3.32. The second-order valence-electron chi connectivity index (χ2n) is 8.13. The number of benzene rings is 2. The maximum atomic E-state index is 13.6. The molecule has 35 heavy (non-hydrogen) atoms. The van der Waals surface area contributed by atoms with E-state index in [0.29, 0.717) is 27.5 Å². The van der Waals surface area contributed by atoms with E-state index in [2.05, 4.69) is 15.3 Å². The summed E-state index contributed by atoms with van der Waals surface area (Å²) in [5.41, 5.74) is 3.24. The Balaban J connectivity index is 1.48. The minimum atomic E-state index is -3.87. The number of fused-ring (bicyclic) bond motifs is 1. The number of H-pyrrole nitrogens is 1. The summed E-state index contributed by atoms with van der Waals surface area (Å²) in [6.07, 6.45) is 5.91. The first-order valence-electron chi connectivity index (χ1n) is 11.0. The maximum Gasteiger partial charge on any atom is 0.264 e. The Morgan fingerprint density at radius 1 is 1.06 bits per heavy atom. The van der Waals surface area contributed by atoms with Gasteiger partial charge in [0.1, 0.15) is 11.8 Å². The van der Waals surface area contributed by atoms with Crippen LogP contribution in [-0.2, 0) is 10.0 Å². The summed E-state index contributed by atoms with van der Waals surface area (Å²) in [5.74, 6) is 0. The number of hydrogen-bond donors (Lipinski definition) is 3. The summed E-state index contributed by atoms with van der Waals surface area (Å²) in [6.45, 7) is 0.282. The first-order valence-corrected chi connectivity index (χ1v) is 12.8. The quantitative estimate of drug-likeness (QED) is 0.332. The number of pyridine rings is 1. The van der Waals surface area contributed by atoms with Crippen molar-refractivity contribution in [1.29, 1.82) is 0 Å². The Morgan fingerprint density at radius 2 is 1.83 bits per heavy atom. The van der Waals surface area contributed by atoms with E-state index in [4.69, 9.17) is 11.6 Å². The van der Waals surface area contributed by atoms with Gasteiger partial charge >= 0.3 is 0 Å². The van der Waals surface area contributed by atoms with Crippen LogP contribution in [-0.4, -0.2) is 40.9 Å². The molecule has 1 atom stereocenters. The van der Waals surface area contributed by atoms with Gasteiger partial charge < -0.3 is 15.4 Å². The van der Waals surface area contributed by atoms with E-state index in [0.717, 1.165) is 11.1 Å². The van der Waals surface area contributed by atoms with E-state index in [1.54, 1.807) is 73.1 Å². The third kappa shape index (κ3) is 4.68. The topological polar surface area (TPSA) is 98.3 Å². The smallest absolute Gasteiger partial charge is 0.264 e. The van der Waals surface area contributed by atoms with Crippen molar-refractivity contribution in [1.82, 2.24) is 14.3 Å². The summed E-state index contributed by atoms with van der Waals surface area (Å²) in [5, 5.41) is 15.9. The third-order valence-corrected chi connectivity index (χ3v) is 7.98. The maximum absolute atomic E-state index is 13.6. The normalized spacial score (nSPS) is 15.0. The highest BCUT2D eigenvalue weighted by Gasteiger charge is 2.31. The van der Waals surface area contributed by atoms with Crippen LogP contribution in [0.4, 0.5) is 5.69 Å². The largest absolute Gasteiger partial charge is 0.384 e. The van der Waals surface area contributed by atoms with Gasteiger partial charge in [-0.25, -0.2) is 13.4 Å². The van der Waals surface area contributed by atoms with Crippen molar-refractivity contribution in [2.45, 2.75) is 11.0 Å². The lowest BCUT2D eigenvalue weighted by molar-refractivity contribution is 0.209. The number of aliphatic hydroxyl groups is 1. The fourth-order valence-corrected chi connectivity index (χ4v) is 5.69. The summed E-state index contributed by atoms with van der Waals surface area (Å²) in [4.78, 5) is 7.52. The highest BCUT2D eigenvalue weighted by molar-refractivity contribution is 7.89. The van der Waals surface area contributed by atoms with Crippen molar-refractivity contribution >= 4 is 38.3 Å². The van der Waals surface area contributed by atoms with Gasteiger partial charge in [-0.1, -0.05) is 35.9 Å². The molecular formula is C26H23ClN4O3S. The molecule has 3 heterocycles. The number of sulfonamides is 1. The van der Waals surface area contributed by atoms with Crippen LogP contribution < -0.4 is 5.32 Å². The van der Waals surface area contributed by atoms with Gasteiger partial charge in [-0.2, -0.15) is 0 Å². The van der Waals surface area contributed by atoms with Crippen molar-refractivity contribution in [2.24, 2.45) is 0 Å². The number of halogens is 1. The molecule has 2 aromatic carbocycles. The molecule has 4 aromatic rings. The van der Waals surface area contributed by atoms with Crippen LogP contribution in [0.1, 0.15) is 11.7 Å². The van der Waals surface area contributed by atoms with E-state index >= 15 is 0 Å². The molecule has 1 aliphatic rings. The van der Waals surface area contributed by atoms with E-state index in [-0.39, 0.29) is 18.0 Å². The Labute approximate surface area is 208 Å². The van der Waals surface area contributed by atoms with Gasteiger partial charge in [0.05, 0.1) is 18.0 Å². The molecule has 0 saturated heterocycles. The van der Waals surface area contributed by atoms with Crippen LogP contribution in [0.15, 0.2) is 107 Å². The Kier molecular flexibility index (Phi) is 6.34. The minimum Gasteiger partial charge on any atom is -0.384 e. The third-order valence-electron chi connectivity index (χ3n) is 5.91. The molecule has 0 amide bonds. The Morgan fingerprint density at radius 3 is 2.60 bits per heavy atom. The number of aromatic amines is 1. The fourth-order valence-electron chi connectivity index (χ4n) is 4.05. The monoisotopic (exact) mass is 506 g/mol. The molecule has 3 N–H and O–H groups in total. The number of nitrogens with zero attached hydrogens (tertiary/aromatic N) is 2. The highest BCUT2D eigenvalue weighted by atomic mass is 35.5. The van der Waals surface area contributed by atoms with Gasteiger partial charge in [-0.3, -0.25) is 4.31 Å². The molecule has 0 bridgehead atoms. The van der Waals surface area contributed by atoms with Gasteiger partial charge in [0.2, 0.25) is 0 Å². The number of anilines is 1. The van der Waals surface area contributed by atoms with Crippen molar-refractivity contribution in [2.75, 3.05) is 18.4 Å². The highest BCUT2D eigenvalue weighted by Crippen LogP contribution is 2.33. The zero-order valence-corrected chi connectivity index (χ0v) is 20.2. The Hall–Kier alpha value is -3.59. The zero-order valence-electron chi connectivity index (χ0n) is 18.6. The van der Waals surface area contributed by atoms with Crippen LogP contribution in [0.25, 0.3) is 11.0 Å². The molecule has 9 heteroatoms. The van der Waals surface area contributed by atoms with E-state index in [1.165, 1.54) is 4.31 Å². The molecule has 2 aromatic heterocycles. The SMILES string of the molecule is O=S(=O)(c1ccccc1)N1CC(C(O)c2c[nH]c3ncccc23)=CC=C1CNc1ccc(Cl)cc1. The van der Waals surface area contributed by atoms with Crippen molar-refractivity contribution < 1.29 is 13.5 Å². The molecule has 1 aliphatic heterocycles. The lowest BCUT2D eigenvalue weighted by Crippen LogP contribution is -2.37. The zero-order chi connectivity index (χ0) is 24.4. The predicted octanol–water partition coefficient (Wildman–Crippen LogP) is 4.88. The summed E-state index contributed by atoms with van der Waals surface area (Å²) in [6, 6.07) is 19.2. The van der Waals surface area contributed by atoms with Gasteiger partial charge in [0, 0.05) is 39.8 Å². The molecule has 1 unspecified atom stereocenters. The molecule has 178 valence electrons. The number of rotatable bonds is 7. The number of hydrogen-bond acceptors (Lipinski definition) is 5. The van der Waals surface area contributed by atoms with Crippen LogP contribution in [0.2, 0.25) is 5.02 Å². The van der Waals surface area contributed by atoms with E-state index in [9.17, 15) is 13.5 Å². The second-order valence-corrected chi connectivity index (χ2v) is 10.4. The summed E-state index contributed by atoms with van der Waals surface area (Å²) < 4.78 is 28.6. The van der Waals surface area contributed by atoms with Crippen LogP contribution >= 0.6 is 11.6 Å². The first kappa shape index (κ1) is 23.2. The van der Waals surface area contributed by atoms with Gasteiger partial charge in [0.15, 0.2) is 0 Å². The summed E-state index contributed by atoms with van der Waals surface area (Å²) >= 11 is 5.97. The molecule has 0 fully saturated rings. The van der Waals surface area contributed by atoms with E-state index < -0.39 is 16.1 Å². The van der Waals surface area contributed by atoms with Crippen molar-refractivity contribution in [3.8, 4) is 0 Å². The van der Waals surface area contributed by atoms with Crippen LogP contribution in [0.5, 0.6) is 0 Å². The number of nitrogens with one attached hydrogen (secondary N) is 2. The number of aliphatic hydroxyl groups excluding tert-OH is 1. The molecule has 7 nitrogen and oxygen atoms in total. The van der Waals surface area contributed by atoms with Gasteiger partial charge in [0.25, 0.3) is 10.0 Å². The molecule has 0 aliphatic carbocycles. The lowest BCUT2D eigenvalue weighted by atomic mass is 9.99. The van der Waals surface area contributed by atoms with Crippen LogP contribution in [0, 0.1) is 0 Å². The average molecular weight is 507 g/mol. The molecule has 0 saturated carbocycles. The molecular weight excluding hydrogens is 484 g/mol. The number of aromatic nitrogens is 2. The fraction of sp³-hybridized carbons (Fsp3) is 0.115. The second kappa shape index (κ2) is 9.58. The minimum absolute atomic E-state index is 0.0134. The van der Waals surface area contributed by atoms with Gasteiger partial charge in [-0.15, -0.1) is 0 Å². The van der Waals surface area contributed by atoms with E-state index in [1.807, 2.05) is 18.2 Å². The van der Waals surface area contributed by atoms with Crippen molar-refractivity contribution in [3.63, 3.8) is 0 Å². The van der Waals surface area contributed by atoms with Crippen LogP contribution in [0.3, 0.4) is 0 Å². The lowest BCUT2D eigenvalue weighted by Gasteiger charge is -2.32. The first-order chi connectivity index (χ1) is 16.9. The predicted molar refractivity (Wildman–Crippen MR) is 137 cm³/mol. The Bertz CT molecular complexity index is 1510. The van der Waals surface area contributed by atoms with Gasteiger partial charge in [-0.05, 0) is 60.2 Å². The van der Waals surface area contributed by atoms with Crippen molar-refractivity contribution in [3.05, 3.63) is 113 Å². The molecule has 5 rings (SSSR count).